The molecule has 2 rings (SSSR count). The quantitative estimate of drug-likeness (QED) is 0.515. The van der Waals surface area contributed by atoms with Crippen LogP contribution in [0.1, 0.15) is 30.9 Å². The van der Waals surface area contributed by atoms with E-state index in [4.69, 9.17) is 16.3 Å². The molecule has 1 amide bonds. The Hall–Kier alpha value is -1.72. The van der Waals surface area contributed by atoms with E-state index in [0.29, 0.717) is 29.5 Å². The van der Waals surface area contributed by atoms with Crippen LogP contribution in [0.3, 0.4) is 0 Å². The summed E-state index contributed by atoms with van der Waals surface area (Å²) in [5, 5.41) is 3.30. The van der Waals surface area contributed by atoms with E-state index in [0.717, 1.165) is 30.6 Å². The highest BCUT2D eigenvalue weighted by Crippen LogP contribution is 2.24. The van der Waals surface area contributed by atoms with Gasteiger partial charge in [0, 0.05) is 22.9 Å². The zero-order valence-corrected chi connectivity index (χ0v) is 17.0. The third kappa shape index (κ3) is 7.43. The SMILES string of the molecule is CCCOc1ccccc1CCCNC(=O)CSCc1c(F)cccc1Cl. The van der Waals surface area contributed by atoms with E-state index in [1.807, 2.05) is 18.2 Å². The normalized spacial score (nSPS) is 10.6. The molecule has 0 aromatic heterocycles. The Kier molecular flexibility index (Phi) is 9.50. The first kappa shape index (κ1) is 21.6. The number of hydrogen-bond donors (Lipinski definition) is 1. The largest absolute Gasteiger partial charge is 0.493 e. The van der Waals surface area contributed by atoms with E-state index in [2.05, 4.69) is 18.3 Å². The summed E-state index contributed by atoms with van der Waals surface area (Å²) in [4.78, 5) is 11.9. The lowest BCUT2D eigenvalue weighted by Crippen LogP contribution is -2.26. The number of nitrogens with one attached hydrogen (secondary N) is 1. The van der Waals surface area contributed by atoms with Crippen molar-refractivity contribution in [2.24, 2.45) is 0 Å². The fourth-order valence-corrected chi connectivity index (χ4v) is 3.73. The number of para-hydroxylation sites is 1. The van der Waals surface area contributed by atoms with Crippen LogP contribution in [0.2, 0.25) is 5.02 Å². The van der Waals surface area contributed by atoms with Crippen molar-refractivity contribution in [3.05, 3.63) is 64.4 Å². The van der Waals surface area contributed by atoms with Crippen LogP contribution in [0.25, 0.3) is 0 Å². The molecule has 0 heterocycles. The van der Waals surface area contributed by atoms with Crippen molar-refractivity contribution in [3.8, 4) is 5.75 Å². The molecule has 0 atom stereocenters. The molecule has 3 nitrogen and oxygen atoms in total. The van der Waals surface area contributed by atoms with Crippen LogP contribution in [0.15, 0.2) is 42.5 Å². The number of aryl methyl sites for hydroxylation is 1. The van der Waals surface area contributed by atoms with Crippen LogP contribution in [0.4, 0.5) is 4.39 Å². The smallest absolute Gasteiger partial charge is 0.230 e. The van der Waals surface area contributed by atoms with Crippen molar-refractivity contribution in [2.45, 2.75) is 31.9 Å². The molecule has 0 aliphatic carbocycles. The summed E-state index contributed by atoms with van der Waals surface area (Å²) in [7, 11) is 0. The molecule has 2 aromatic rings. The van der Waals surface area contributed by atoms with Crippen LogP contribution in [0.5, 0.6) is 5.75 Å². The molecule has 146 valence electrons. The van der Waals surface area contributed by atoms with E-state index >= 15 is 0 Å². The van der Waals surface area contributed by atoms with Gasteiger partial charge < -0.3 is 10.1 Å². The van der Waals surface area contributed by atoms with Gasteiger partial charge in [0.1, 0.15) is 11.6 Å². The minimum Gasteiger partial charge on any atom is -0.493 e. The van der Waals surface area contributed by atoms with Crippen LogP contribution in [0, 0.1) is 5.82 Å². The number of rotatable bonds is 11. The van der Waals surface area contributed by atoms with E-state index in [-0.39, 0.29) is 17.5 Å². The molecule has 0 aliphatic heterocycles. The maximum atomic E-state index is 13.7. The van der Waals surface area contributed by atoms with Gasteiger partial charge in [-0.2, -0.15) is 0 Å². The molecular weight excluding hydrogens is 385 g/mol. The lowest BCUT2D eigenvalue weighted by molar-refractivity contribution is -0.118. The molecule has 0 saturated heterocycles. The molecule has 0 bridgehead atoms. The summed E-state index contributed by atoms with van der Waals surface area (Å²) < 4.78 is 19.4. The third-order valence-corrected chi connectivity index (χ3v) is 5.23. The Morgan fingerprint density at radius 2 is 2.04 bits per heavy atom. The van der Waals surface area contributed by atoms with Gasteiger partial charge in [0.15, 0.2) is 0 Å². The molecule has 0 aliphatic rings. The standard InChI is InChI=1S/C21H25ClFNO2S/c1-2-13-26-20-11-4-3-7-16(20)8-6-12-24-21(25)15-27-14-17-18(22)9-5-10-19(17)23/h3-5,7,9-11H,2,6,8,12-15H2,1H3,(H,24,25). The minimum absolute atomic E-state index is 0.0528. The van der Waals surface area contributed by atoms with Gasteiger partial charge in [-0.3, -0.25) is 4.79 Å². The molecule has 1 N–H and O–H groups in total. The molecule has 0 spiro atoms. The Balaban J connectivity index is 1.67. The first-order valence-corrected chi connectivity index (χ1v) is 10.6. The van der Waals surface area contributed by atoms with Crippen LogP contribution in [-0.2, 0) is 17.0 Å². The highest BCUT2D eigenvalue weighted by atomic mass is 35.5. The summed E-state index contributed by atoms with van der Waals surface area (Å²) in [5.74, 6) is 1.19. The minimum atomic E-state index is -0.334. The van der Waals surface area contributed by atoms with Crippen molar-refractivity contribution in [2.75, 3.05) is 18.9 Å². The third-order valence-electron chi connectivity index (χ3n) is 3.92. The number of ether oxygens (including phenoxy) is 1. The topological polar surface area (TPSA) is 38.3 Å². The fourth-order valence-electron chi connectivity index (χ4n) is 2.54. The van der Waals surface area contributed by atoms with Crippen molar-refractivity contribution in [1.29, 1.82) is 0 Å². The highest BCUT2D eigenvalue weighted by Gasteiger charge is 2.09. The molecule has 0 radical (unpaired) electrons. The van der Waals surface area contributed by atoms with Crippen LogP contribution >= 0.6 is 23.4 Å². The van der Waals surface area contributed by atoms with Crippen LogP contribution in [-0.4, -0.2) is 24.8 Å². The van der Waals surface area contributed by atoms with Crippen molar-refractivity contribution >= 4 is 29.3 Å². The van der Waals surface area contributed by atoms with E-state index in [1.54, 1.807) is 12.1 Å². The Morgan fingerprint density at radius 1 is 1.22 bits per heavy atom. The maximum Gasteiger partial charge on any atom is 0.230 e. The number of carbonyl (C=O) groups is 1. The number of halogens is 2. The number of hydrogen-bond acceptors (Lipinski definition) is 3. The second kappa shape index (κ2) is 11.9. The van der Waals surface area contributed by atoms with Gasteiger partial charge in [0.05, 0.1) is 12.4 Å². The van der Waals surface area contributed by atoms with E-state index in [1.165, 1.54) is 17.8 Å². The summed E-state index contributed by atoms with van der Waals surface area (Å²) in [6.45, 7) is 3.38. The Morgan fingerprint density at radius 3 is 2.81 bits per heavy atom. The predicted octanol–water partition coefficient (Wildman–Crippen LogP) is 5.25. The maximum absolute atomic E-state index is 13.7. The highest BCUT2D eigenvalue weighted by molar-refractivity contribution is 7.99. The van der Waals surface area contributed by atoms with Gasteiger partial charge in [-0.1, -0.05) is 42.8 Å². The number of thioether (sulfide) groups is 1. The number of amides is 1. The summed E-state index contributed by atoms with van der Waals surface area (Å²) in [6, 6.07) is 12.6. The average molecular weight is 410 g/mol. The Bertz CT molecular complexity index is 722. The molecule has 2 aromatic carbocycles. The molecule has 6 heteroatoms. The second-order valence-corrected chi connectivity index (χ2v) is 7.50. The summed E-state index contributed by atoms with van der Waals surface area (Å²) in [6.07, 6.45) is 2.65. The van der Waals surface area contributed by atoms with Gasteiger partial charge >= 0.3 is 0 Å². The summed E-state index contributed by atoms with van der Waals surface area (Å²) in [5.41, 5.74) is 1.60. The van der Waals surface area contributed by atoms with Gasteiger partial charge in [-0.15, -0.1) is 11.8 Å². The van der Waals surface area contributed by atoms with E-state index < -0.39 is 0 Å². The van der Waals surface area contributed by atoms with Crippen LogP contribution < -0.4 is 10.1 Å². The predicted molar refractivity (Wildman–Crippen MR) is 111 cm³/mol. The lowest BCUT2D eigenvalue weighted by Gasteiger charge is -2.11. The zero-order chi connectivity index (χ0) is 19.5. The monoisotopic (exact) mass is 409 g/mol. The number of carbonyl (C=O) groups excluding carboxylic acids is 1. The fraction of sp³-hybridized carbons (Fsp3) is 0.381. The average Bonchev–Trinajstić information content (AvgIpc) is 2.66. The van der Waals surface area contributed by atoms with Crippen molar-refractivity contribution in [3.63, 3.8) is 0 Å². The van der Waals surface area contributed by atoms with Gasteiger partial charge in [0.2, 0.25) is 5.91 Å². The molecule has 0 saturated carbocycles. The molecule has 0 unspecified atom stereocenters. The van der Waals surface area contributed by atoms with Crippen molar-refractivity contribution < 1.29 is 13.9 Å². The van der Waals surface area contributed by atoms with Gasteiger partial charge in [-0.05, 0) is 43.0 Å². The van der Waals surface area contributed by atoms with E-state index in [9.17, 15) is 9.18 Å². The molecule has 27 heavy (non-hydrogen) atoms. The lowest BCUT2D eigenvalue weighted by atomic mass is 10.1. The first-order chi connectivity index (χ1) is 13.1. The summed E-state index contributed by atoms with van der Waals surface area (Å²) >= 11 is 7.34. The zero-order valence-electron chi connectivity index (χ0n) is 15.5. The van der Waals surface area contributed by atoms with Crippen molar-refractivity contribution in [1.82, 2.24) is 5.32 Å². The Labute approximate surface area is 169 Å². The van der Waals surface area contributed by atoms with Gasteiger partial charge in [0.25, 0.3) is 0 Å². The first-order valence-electron chi connectivity index (χ1n) is 9.09. The second-order valence-electron chi connectivity index (χ2n) is 6.10. The molecule has 0 fully saturated rings. The number of benzene rings is 2. The molecular formula is C21H25ClFNO2S. The van der Waals surface area contributed by atoms with Gasteiger partial charge in [-0.25, -0.2) is 4.39 Å².